The standard InChI is InChI=1S/C41H48N2O8SSi/c1-41(2,3)53(5,6)51-33-23-22-32(44)37-34(33)35(40(46)49-4)38(42(37)24-25-52(47,48)30-20-14-9-15-21-30)36-31(43(36)26-28-16-10-7-11-17-28)27-50-39(45)29-18-12-8-13-19-29/h7-21,31,33,36H,22-27H2,1-6H3. The van der Waals surface area contributed by atoms with Crippen molar-refractivity contribution in [3.63, 3.8) is 0 Å². The van der Waals surface area contributed by atoms with Gasteiger partial charge in [-0.1, -0.05) is 87.5 Å². The third-order valence-corrected chi connectivity index (χ3v) is 17.0. The number of rotatable bonds is 13. The Hall–Kier alpha value is -4.36. The number of sulfone groups is 1. The minimum Gasteiger partial charge on any atom is -0.465 e. The first-order valence-corrected chi connectivity index (χ1v) is 22.6. The largest absolute Gasteiger partial charge is 0.465 e. The second kappa shape index (κ2) is 15.2. The summed E-state index contributed by atoms with van der Waals surface area (Å²) >= 11 is 0. The van der Waals surface area contributed by atoms with Gasteiger partial charge in [-0.3, -0.25) is 9.69 Å². The Morgan fingerprint density at radius 3 is 2.09 bits per heavy atom. The molecular weight excluding hydrogens is 709 g/mol. The number of ketones is 1. The lowest BCUT2D eigenvalue weighted by molar-refractivity contribution is 0.0491. The van der Waals surface area contributed by atoms with E-state index in [1.165, 1.54) is 7.11 Å². The zero-order valence-corrected chi connectivity index (χ0v) is 33.0. The average Bonchev–Trinajstić information content (AvgIpc) is 3.69. The van der Waals surface area contributed by atoms with E-state index < -0.39 is 42.2 Å². The van der Waals surface area contributed by atoms with E-state index in [0.29, 0.717) is 29.8 Å². The van der Waals surface area contributed by atoms with Crippen LogP contribution in [0.3, 0.4) is 0 Å². The van der Waals surface area contributed by atoms with Crippen molar-refractivity contribution < 1.29 is 36.7 Å². The highest BCUT2D eigenvalue weighted by Crippen LogP contribution is 2.52. The van der Waals surface area contributed by atoms with Crippen LogP contribution in [0.1, 0.15) is 93.8 Å². The summed E-state index contributed by atoms with van der Waals surface area (Å²) < 4.78 is 47.5. The van der Waals surface area contributed by atoms with Gasteiger partial charge in [0.2, 0.25) is 0 Å². The number of methoxy groups -OCH3 is 1. The highest BCUT2D eigenvalue weighted by Gasteiger charge is 2.55. The first kappa shape index (κ1) is 38.4. The highest BCUT2D eigenvalue weighted by molar-refractivity contribution is 7.91. The molecule has 1 aliphatic carbocycles. The lowest BCUT2D eigenvalue weighted by atomic mass is 9.90. The number of carbonyl (C=O) groups excluding carboxylic acids is 3. The number of nitrogens with zero attached hydrogens (tertiary/aromatic N) is 2. The van der Waals surface area contributed by atoms with Crippen LogP contribution in [0.5, 0.6) is 0 Å². The maximum absolute atomic E-state index is 14.1. The summed E-state index contributed by atoms with van der Waals surface area (Å²) in [5.74, 6) is -1.62. The number of esters is 2. The molecule has 0 saturated carbocycles. The molecule has 12 heteroatoms. The van der Waals surface area contributed by atoms with Crippen molar-refractivity contribution in [2.45, 2.75) is 87.9 Å². The molecule has 1 saturated heterocycles. The molecule has 280 valence electrons. The minimum absolute atomic E-state index is 0.00183. The fourth-order valence-corrected chi connectivity index (χ4v) is 9.48. The SMILES string of the molecule is COC(=O)c1c2c(n(CCS(=O)(=O)c3ccccc3)c1C1C(COC(=O)c3ccccc3)N1Cc1ccccc1)C(=O)CCC2O[Si](C)(C)C(C)(C)C. The Morgan fingerprint density at radius 2 is 1.49 bits per heavy atom. The summed E-state index contributed by atoms with van der Waals surface area (Å²) in [5.41, 5.74) is 2.84. The number of fused-ring (bicyclic) bond motifs is 1. The molecule has 10 nitrogen and oxygen atoms in total. The van der Waals surface area contributed by atoms with Gasteiger partial charge in [-0.25, -0.2) is 18.0 Å². The van der Waals surface area contributed by atoms with Gasteiger partial charge in [0.15, 0.2) is 23.9 Å². The Labute approximate surface area is 313 Å². The van der Waals surface area contributed by atoms with Gasteiger partial charge in [0.25, 0.3) is 0 Å². The number of carbonyl (C=O) groups is 3. The van der Waals surface area contributed by atoms with E-state index >= 15 is 0 Å². The molecule has 4 aromatic rings. The molecule has 1 aliphatic heterocycles. The Balaban J connectivity index is 1.50. The number of hydrogen-bond acceptors (Lipinski definition) is 9. The van der Waals surface area contributed by atoms with E-state index in [0.717, 1.165) is 5.56 Å². The van der Waals surface area contributed by atoms with Crippen LogP contribution in [-0.2, 0) is 36.8 Å². The zero-order chi connectivity index (χ0) is 38.1. The van der Waals surface area contributed by atoms with Crippen molar-refractivity contribution in [3.8, 4) is 0 Å². The maximum atomic E-state index is 14.1. The summed E-state index contributed by atoms with van der Waals surface area (Å²) in [6, 6.07) is 25.8. The predicted octanol–water partition coefficient (Wildman–Crippen LogP) is 7.57. The predicted molar refractivity (Wildman–Crippen MR) is 204 cm³/mol. The van der Waals surface area contributed by atoms with Crippen LogP contribution in [0.15, 0.2) is 95.9 Å². The third-order valence-electron chi connectivity index (χ3n) is 10.8. The highest BCUT2D eigenvalue weighted by atomic mass is 32.2. The maximum Gasteiger partial charge on any atom is 0.340 e. The second-order valence-electron chi connectivity index (χ2n) is 15.3. The third kappa shape index (κ3) is 7.96. The quantitative estimate of drug-likeness (QED) is 0.0773. The number of benzene rings is 3. The lowest BCUT2D eigenvalue weighted by Gasteiger charge is -2.40. The van der Waals surface area contributed by atoms with Gasteiger partial charge in [-0.15, -0.1) is 0 Å². The zero-order valence-electron chi connectivity index (χ0n) is 31.2. The van der Waals surface area contributed by atoms with Crippen LogP contribution >= 0.6 is 0 Å². The molecule has 53 heavy (non-hydrogen) atoms. The Bertz CT molecular complexity index is 2080. The summed E-state index contributed by atoms with van der Waals surface area (Å²) in [6.45, 7) is 11.0. The molecule has 0 spiro atoms. The Morgan fingerprint density at radius 1 is 0.887 bits per heavy atom. The van der Waals surface area contributed by atoms with E-state index in [2.05, 4.69) is 38.8 Å². The van der Waals surface area contributed by atoms with E-state index in [1.54, 1.807) is 59.2 Å². The van der Waals surface area contributed by atoms with Crippen molar-refractivity contribution >= 4 is 35.9 Å². The van der Waals surface area contributed by atoms with Gasteiger partial charge in [0.1, 0.15) is 6.61 Å². The molecule has 1 aromatic heterocycles. The molecule has 2 heterocycles. The van der Waals surface area contributed by atoms with Gasteiger partial charge in [-0.05, 0) is 54.4 Å². The monoisotopic (exact) mass is 756 g/mol. The fourth-order valence-electron chi connectivity index (χ4n) is 6.95. The summed E-state index contributed by atoms with van der Waals surface area (Å²) in [6.07, 6.45) is -0.0257. The van der Waals surface area contributed by atoms with Crippen LogP contribution in [0.25, 0.3) is 0 Å². The van der Waals surface area contributed by atoms with Crippen molar-refractivity contribution in [1.82, 2.24) is 9.47 Å². The van der Waals surface area contributed by atoms with Crippen LogP contribution in [-0.4, -0.2) is 69.4 Å². The molecule has 4 atom stereocenters. The van der Waals surface area contributed by atoms with Crippen LogP contribution in [0.4, 0.5) is 0 Å². The summed E-state index contributed by atoms with van der Waals surface area (Å²) in [7, 11) is -4.92. The van der Waals surface area contributed by atoms with E-state index in [-0.39, 0.29) is 58.3 Å². The molecule has 1 fully saturated rings. The molecule has 6 rings (SSSR count). The van der Waals surface area contributed by atoms with Crippen LogP contribution < -0.4 is 0 Å². The molecular formula is C41H48N2O8SSi. The summed E-state index contributed by atoms with van der Waals surface area (Å²) in [4.78, 5) is 43.6. The van der Waals surface area contributed by atoms with Gasteiger partial charge < -0.3 is 18.5 Å². The van der Waals surface area contributed by atoms with Crippen LogP contribution in [0, 0.1) is 0 Å². The van der Waals surface area contributed by atoms with Crippen LogP contribution in [0.2, 0.25) is 18.1 Å². The molecule has 0 N–H and O–H groups in total. The number of ether oxygens (including phenoxy) is 2. The van der Waals surface area contributed by atoms with E-state index in [4.69, 9.17) is 13.9 Å². The molecule has 2 aliphatic rings. The first-order chi connectivity index (χ1) is 25.1. The van der Waals surface area contributed by atoms with Gasteiger partial charge in [-0.2, -0.15) is 0 Å². The fraction of sp³-hybridized carbons (Fsp3) is 0.390. The molecule has 3 aromatic carbocycles. The number of aromatic nitrogens is 1. The molecule has 0 radical (unpaired) electrons. The van der Waals surface area contributed by atoms with Gasteiger partial charge in [0, 0.05) is 25.1 Å². The first-order valence-electron chi connectivity index (χ1n) is 18.0. The number of hydrogen-bond donors (Lipinski definition) is 0. The van der Waals surface area contributed by atoms with Crippen molar-refractivity contribution in [1.29, 1.82) is 0 Å². The Kier molecular flexibility index (Phi) is 11.0. The minimum atomic E-state index is -3.79. The van der Waals surface area contributed by atoms with Crippen molar-refractivity contribution in [3.05, 3.63) is 125 Å². The van der Waals surface area contributed by atoms with Crippen molar-refractivity contribution in [2.75, 3.05) is 19.5 Å². The second-order valence-corrected chi connectivity index (χ2v) is 22.1. The van der Waals surface area contributed by atoms with E-state index in [1.807, 2.05) is 36.4 Å². The summed E-state index contributed by atoms with van der Waals surface area (Å²) in [5, 5.41) is -0.161. The smallest absolute Gasteiger partial charge is 0.340 e. The molecule has 0 amide bonds. The lowest BCUT2D eigenvalue weighted by Crippen LogP contribution is -2.42. The number of Topliss-reactive ketones (excluding diaryl/α,β-unsaturated/α-hetero) is 1. The van der Waals surface area contributed by atoms with E-state index in [9.17, 15) is 22.8 Å². The van der Waals surface area contributed by atoms with Crippen molar-refractivity contribution in [2.24, 2.45) is 0 Å². The topological polar surface area (TPSA) is 121 Å². The van der Waals surface area contributed by atoms with Gasteiger partial charge in [0.05, 0.1) is 58.5 Å². The van der Waals surface area contributed by atoms with Gasteiger partial charge >= 0.3 is 11.9 Å². The normalized spacial score (nSPS) is 20.1. The molecule has 4 unspecified atom stereocenters. The molecule has 0 bridgehead atoms. The average molecular weight is 757 g/mol.